The first kappa shape index (κ1) is 14.5. The number of nitrogens with one attached hydrogen (secondary N) is 1. The molecule has 0 radical (unpaired) electrons. The number of carbonyl (C=O) groups is 1. The molecule has 1 fully saturated rings. The molecule has 1 aliphatic rings. The van der Waals surface area contributed by atoms with Crippen molar-refractivity contribution in [2.24, 2.45) is 0 Å². The zero-order chi connectivity index (χ0) is 14.0. The smallest absolute Gasteiger partial charge is 0.246 e. The minimum Gasteiger partial charge on any atom is -0.394 e. The van der Waals surface area contributed by atoms with Crippen LogP contribution < -0.4 is 10.2 Å². The Morgan fingerprint density at radius 2 is 2.26 bits per heavy atom. The number of benzene rings is 1. The Morgan fingerprint density at radius 3 is 2.89 bits per heavy atom. The van der Waals surface area contributed by atoms with Crippen molar-refractivity contribution in [3.63, 3.8) is 0 Å². The Hall–Kier alpha value is -0.910. The van der Waals surface area contributed by atoms with E-state index in [0.29, 0.717) is 0 Å². The number of amides is 1. The quantitative estimate of drug-likeness (QED) is 0.871. The number of rotatable bonds is 2. The fourth-order valence-corrected chi connectivity index (χ4v) is 3.06. The van der Waals surface area contributed by atoms with Crippen LogP contribution in [0.3, 0.4) is 0 Å². The molecule has 104 valence electrons. The molecule has 2 N–H and O–H groups in total. The van der Waals surface area contributed by atoms with Crippen LogP contribution >= 0.6 is 15.9 Å². The van der Waals surface area contributed by atoms with Crippen LogP contribution in [0.5, 0.6) is 0 Å². The SMILES string of the molecule is Cc1ccc(N2C(=O)C(CO)NCCC2C)c(Br)c1. The maximum absolute atomic E-state index is 12.5. The van der Waals surface area contributed by atoms with E-state index in [4.69, 9.17) is 0 Å². The van der Waals surface area contributed by atoms with Crippen molar-refractivity contribution in [2.45, 2.75) is 32.4 Å². The summed E-state index contributed by atoms with van der Waals surface area (Å²) in [7, 11) is 0. The van der Waals surface area contributed by atoms with E-state index in [1.54, 1.807) is 4.90 Å². The van der Waals surface area contributed by atoms with Crippen molar-refractivity contribution in [3.05, 3.63) is 28.2 Å². The molecule has 0 bridgehead atoms. The molecule has 4 nitrogen and oxygen atoms in total. The van der Waals surface area contributed by atoms with Gasteiger partial charge < -0.3 is 15.3 Å². The van der Waals surface area contributed by atoms with E-state index in [1.807, 2.05) is 32.0 Å². The zero-order valence-electron chi connectivity index (χ0n) is 11.2. The molecule has 1 amide bonds. The van der Waals surface area contributed by atoms with Crippen LogP contribution in [0.2, 0.25) is 0 Å². The van der Waals surface area contributed by atoms with Crippen LogP contribution in [-0.2, 0) is 4.79 Å². The van der Waals surface area contributed by atoms with Crippen molar-refractivity contribution in [2.75, 3.05) is 18.1 Å². The second kappa shape index (κ2) is 6.03. The molecule has 5 heteroatoms. The van der Waals surface area contributed by atoms with Gasteiger partial charge in [-0.3, -0.25) is 4.79 Å². The highest BCUT2D eigenvalue weighted by molar-refractivity contribution is 9.10. The molecule has 1 aliphatic heterocycles. The van der Waals surface area contributed by atoms with Crippen molar-refractivity contribution >= 4 is 27.5 Å². The molecule has 0 spiro atoms. The normalized spacial score (nSPS) is 24.4. The molecule has 19 heavy (non-hydrogen) atoms. The molecule has 2 rings (SSSR count). The van der Waals surface area contributed by atoms with Gasteiger partial charge in [-0.25, -0.2) is 0 Å². The van der Waals surface area contributed by atoms with E-state index in [2.05, 4.69) is 21.2 Å². The fraction of sp³-hybridized carbons (Fsp3) is 0.500. The number of hydrogen-bond acceptors (Lipinski definition) is 3. The number of carbonyl (C=O) groups excluding carboxylic acids is 1. The summed E-state index contributed by atoms with van der Waals surface area (Å²) in [6.45, 7) is 4.61. The second-order valence-corrected chi connectivity index (χ2v) is 5.84. The molecule has 1 saturated heterocycles. The van der Waals surface area contributed by atoms with Gasteiger partial charge in [0.15, 0.2) is 0 Å². The summed E-state index contributed by atoms with van der Waals surface area (Å²) in [4.78, 5) is 14.3. The van der Waals surface area contributed by atoms with Crippen molar-refractivity contribution in [1.29, 1.82) is 0 Å². The highest BCUT2D eigenvalue weighted by Gasteiger charge is 2.32. The maximum atomic E-state index is 12.5. The third kappa shape index (κ3) is 2.99. The van der Waals surface area contributed by atoms with Gasteiger partial charge in [-0.1, -0.05) is 6.07 Å². The van der Waals surface area contributed by atoms with Crippen molar-refractivity contribution < 1.29 is 9.90 Å². The third-order valence-electron chi connectivity index (χ3n) is 3.47. The summed E-state index contributed by atoms with van der Waals surface area (Å²) in [5.74, 6) is -0.0722. The lowest BCUT2D eigenvalue weighted by atomic mass is 10.1. The predicted molar refractivity (Wildman–Crippen MR) is 79.3 cm³/mol. The van der Waals surface area contributed by atoms with E-state index >= 15 is 0 Å². The van der Waals surface area contributed by atoms with Crippen LogP contribution in [-0.4, -0.2) is 36.2 Å². The molecular weight excluding hydrogens is 308 g/mol. The Morgan fingerprint density at radius 1 is 1.53 bits per heavy atom. The Kier molecular flexibility index (Phi) is 4.60. The van der Waals surface area contributed by atoms with Crippen LogP contribution in [0, 0.1) is 6.92 Å². The molecule has 1 aromatic carbocycles. The summed E-state index contributed by atoms with van der Waals surface area (Å²) in [6.07, 6.45) is 0.864. The number of aryl methyl sites for hydroxylation is 1. The van der Waals surface area contributed by atoms with Gasteiger partial charge in [-0.05, 0) is 60.4 Å². The number of hydrogen-bond donors (Lipinski definition) is 2. The van der Waals surface area contributed by atoms with Crippen LogP contribution in [0.25, 0.3) is 0 Å². The minimum atomic E-state index is -0.516. The Bertz CT molecular complexity index is 479. The van der Waals surface area contributed by atoms with Gasteiger partial charge in [0.1, 0.15) is 6.04 Å². The van der Waals surface area contributed by atoms with E-state index < -0.39 is 6.04 Å². The average molecular weight is 327 g/mol. The monoisotopic (exact) mass is 326 g/mol. The maximum Gasteiger partial charge on any atom is 0.246 e. The average Bonchev–Trinajstić information content (AvgIpc) is 2.50. The lowest BCUT2D eigenvalue weighted by Crippen LogP contribution is -2.48. The largest absolute Gasteiger partial charge is 0.394 e. The lowest BCUT2D eigenvalue weighted by molar-refractivity contribution is -0.121. The summed E-state index contributed by atoms with van der Waals surface area (Å²) < 4.78 is 0.909. The highest BCUT2D eigenvalue weighted by atomic mass is 79.9. The Balaban J connectivity index is 2.40. The lowest BCUT2D eigenvalue weighted by Gasteiger charge is -2.30. The standard InChI is InChI=1S/C14H19BrN2O2/c1-9-3-4-13(11(15)7-9)17-10(2)5-6-16-12(8-18)14(17)19/h3-4,7,10,12,16,18H,5-6,8H2,1-2H3. The number of anilines is 1. The predicted octanol–water partition coefficient (Wildman–Crippen LogP) is 1.83. The van der Waals surface area contributed by atoms with E-state index in [-0.39, 0.29) is 18.6 Å². The molecule has 0 aliphatic carbocycles. The first-order valence-electron chi connectivity index (χ1n) is 6.48. The van der Waals surface area contributed by atoms with Crippen LogP contribution in [0.1, 0.15) is 18.9 Å². The zero-order valence-corrected chi connectivity index (χ0v) is 12.8. The molecule has 1 heterocycles. The van der Waals surface area contributed by atoms with E-state index in [1.165, 1.54) is 0 Å². The molecular formula is C14H19BrN2O2. The minimum absolute atomic E-state index is 0.0722. The van der Waals surface area contributed by atoms with Gasteiger partial charge in [-0.2, -0.15) is 0 Å². The Labute approximate surface area is 121 Å². The number of halogens is 1. The fourth-order valence-electron chi connectivity index (χ4n) is 2.37. The summed E-state index contributed by atoms with van der Waals surface area (Å²) in [5, 5.41) is 12.4. The van der Waals surface area contributed by atoms with Crippen LogP contribution in [0.4, 0.5) is 5.69 Å². The van der Waals surface area contributed by atoms with Gasteiger partial charge in [0.2, 0.25) is 5.91 Å². The van der Waals surface area contributed by atoms with E-state index in [0.717, 1.165) is 28.7 Å². The van der Waals surface area contributed by atoms with E-state index in [9.17, 15) is 9.90 Å². The number of aliphatic hydroxyl groups is 1. The number of nitrogens with zero attached hydrogens (tertiary/aromatic N) is 1. The first-order chi connectivity index (χ1) is 9.04. The molecule has 0 saturated carbocycles. The topological polar surface area (TPSA) is 52.6 Å². The van der Waals surface area contributed by atoms with Gasteiger partial charge in [0.25, 0.3) is 0 Å². The van der Waals surface area contributed by atoms with Gasteiger partial charge >= 0.3 is 0 Å². The molecule has 2 atom stereocenters. The molecule has 0 aromatic heterocycles. The summed E-state index contributed by atoms with van der Waals surface area (Å²) in [6, 6.07) is 5.54. The second-order valence-electron chi connectivity index (χ2n) is 4.99. The number of aliphatic hydroxyl groups excluding tert-OH is 1. The van der Waals surface area contributed by atoms with Crippen LogP contribution in [0.15, 0.2) is 22.7 Å². The van der Waals surface area contributed by atoms with Gasteiger partial charge in [0.05, 0.1) is 12.3 Å². The summed E-state index contributed by atoms with van der Waals surface area (Å²) >= 11 is 3.53. The van der Waals surface area contributed by atoms with Crippen molar-refractivity contribution in [3.8, 4) is 0 Å². The highest BCUT2D eigenvalue weighted by Crippen LogP contribution is 2.30. The van der Waals surface area contributed by atoms with Gasteiger partial charge in [-0.15, -0.1) is 0 Å². The molecule has 2 unspecified atom stereocenters. The molecule has 1 aromatic rings. The summed E-state index contributed by atoms with van der Waals surface area (Å²) in [5.41, 5.74) is 2.01. The third-order valence-corrected chi connectivity index (χ3v) is 4.11. The van der Waals surface area contributed by atoms with Gasteiger partial charge in [0, 0.05) is 10.5 Å². The first-order valence-corrected chi connectivity index (χ1v) is 7.27. The van der Waals surface area contributed by atoms with Crippen molar-refractivity contribution in [1.82, 2.24) is 5.32 Å².